The number of amides is 3. The molecule has 3 amide bonds. The van der Waals surface area contributed by atoms with Gasteiger partial charge in [0.15, 0.2) is 11.2 Å². The van der Waals surface area contributed by atoms with Crippen molar-refractivity contribution < 1.29 is 66.9 Å². The van der Waals surface area contributed by atoms with Crippen molar-refractivity contribution in [1.82, 2.24) is 35.9 Å². The number of carbonyl (C=O) groups is 4. The molecule has 374 valence electrons. The minimum Gasteiger partial charge on any atom is -0.480 e. The highest BCUT2D eigenvalue weighted by Gasteiger charge is 2.22. The van der Waals surface area contributed by atoms with E-state index in [-0.39, 0.29) is 74.1 Å². The molecule has 1 aromatic carbocycles. The number of aliphatic carboxylic acids is 1. The van der Waals surface area contributed by atoms with Crippen LogP contribution in [0, 0.1) is 0 Å². The lowest BCUT2D eigenvalue weighted by Crippen LogP contribution is -2.42. The van der Waals surface area contributed by atoms with E-state index in [4.69, 9.17) is 54.1 Å². The molecule has 0 spiro atoms. The van der Waals surface area contributed by atoms with Gasteiger partial charge < -0.3 is 80.5 Å². The maximum Gasteiger partial charge on any atom is 0.326 e. The Morgan fingerprint density at radius 3 is 1.58 bits per heavy atom. The normalized spacial score (nSPS) is 11.7. The summed E-state index contributed by atoms with van der Waals surface area (Å²) >= 11 is 0. The smallest absolute Gasteiger partial charge is 0.326 e. The molecule has 2 heterocycles. The monoisotopic (exact) mass is 950 g/mol. The van der Waals surface area contributed by atoms with E-state index in [9.17, 15) is 29.1 Å². The number of nitrogens with zero attached hydrogens (tertiary/aromatic N) is 3. The summed E-state index contributed by atoms with van der Waals surface area (Å²) in [5.74, 6) is -2.69. The number of rotatable bonds is 41. The van der Waals surface area contributed by atoms with Crippen LogP contribution in [-0.2, 0) is 63.6 Å². The summed E-state index contributed by atoms with van der Waals surface area (Å²) in [6.45, 7) is 8.86. The van der Waals surface area contributed by atoms with Crippen LogP contribution in [-0.4, -0.2) is 193 Å². The molecular weight excluding hydrogens is 885 g/mol. The molecule has 0 aliphatic heterocycles. The number of benzene rings is 1. The molecule has 67 heavy (non-hydrogen) atoms. The van der Waals surface area contributed by atoms with Gasteiger partial charge in [-0.05, 0) is 30.7 Å². The number of hydrogen-bond donors (Lipinski definition) is 8. The van der Waals surface area contributed by atoms with E-state index in [1.54, 1.807) is 12.1 Å². The second-order valence-corrected chi connectivity index (χ2v) is 14.1. The maximum absolute atomic E-state index is 12.8. The summed E-state index contributed by atoms with van der Waals surface area (Å²) in [6, 6.07) is 4.92. The lowest BCUT2D eigenvalue weighted by Gasteiger charge is -2.15. The number of fused-ring (bicyclic) bond motifs is 1. The van der Waals surface area contributed by atoms with Crippen LogP contribution in [0.25, 0.3) is 11.2 Å². The molecule has 25 nitrogen and oxygen atoms in total. The molecule has 0 saturated carbocycles. The van der Waals surface area contributed by atoms with Crippen LogP contribution in [0.2, 0.25) is 0 Å². The highest BCUT2D eigenvalue weighted by atomic mass is 16.6. The fourth-order valence-corrected chi connectivity index (χ4v) is 5.45. The van der Waals surface area contributed by atoms with Crippen LogP contribution in [0.1, 0.15) is 35.3 Å². The molecule has 0 aliphatic rings. The van der Waals surface area contributed by atoms with E-state index in [0.29, 0.717) is 130 Å². The molecule has 0 saturated heterocycles. The van der Waals surface area contributed by atoms with Gasteiger partial charge in [-0.15, -0.1) is 0 Å². The van der Waals surface area contributed by atoms with Crippen LogP contribution in [0.4, 0.5) is 11.6 Å². The number of carboxylic acids is 1. The van der Waals surface area contributed by atoms with Crippen LogP contribution in [0.3, 0.4) is 0 Å². The average Bonchev–Trinajstić information content (AvgIpc) is 3.32. The molecule has 2 aromatic heterocycles. The number of nitrogen functional groups attached to an aromatic ring is 1. The maximum atomic E-state index is 12.8. The number of aromatic amines is 1. The van der Waals surface area contributed by atoms with E-state index < -0.39 is 29.4 Å². The van der Waals surface area contributed by atoms with Gasteiger partial charge in [0.2, 0.25) is 17.8 Å². The van der Waals surface area contributed by atoms with Gasteiger partial charge in [-0.25, -0.2) is 14.8 Å². The van der Waals surface area contributed by atoms with Crippen LogP contribution in [0.5, 0.6) is 0 Å². The van der Waals surface area contributed by atoms with Crippen LogP contribution < -0.4 is 38.3 Å². The molecule has 0 aliphatic carbocycles. The van der Waals surface area contributed by atoms with Crippen molar-refractivity contribution in [3.63, 3.8) is 0 Å². The predicted molar refractivity (Wildman–Crippen MR) is 241 cm³/mol. The van der Waals surface area contributed by atoms with Crippen molar-refractivity contribution in [3.05, 3.63) is 52.1 Å². The summed E-state index contributed by atoms with van der Waals surface area (Å²) in [4.78, 5) is 75.8. The number of carboxylic acid groups (broad SMARTS) is 1. The molecule has 3 aromatic rings. The third-order valence-electron chi connectivity index (χ3n) is 8.85. The zero-order chi connectivity index (χ0) is 48.2. The number of ether oxygens (including phenoxy) is 9. The van der Waals surface area contributed by atoms with E-state index >= 15 is 0 Å². The Kier molecular flexibility index (Phi) is 29.7. The highest BCUT2D eigenvalue weighted by molar-refractivity contribution is 5.97. The number of nitrogens with two attached hydrogens (primary N) is 2. The Morgan fingerprint density at radius 2 is 1.10 bits per heavy atom. The summed E-state index contributed by atoms with van der Waals surface area (Å²) in [7, 11) is 0. The average molecular weight is 951 g/mol. The molecule has 3 rings (SSSR count). The zero-order valence-electron chi connectivity index (χ0n) is 37.8. The molecule has 0 fully saturated rings. The van der Waals surface area contributed by atoms with Gasteiger partial charge in [0.05, 0.1) is 137 Å². The number of hydrogen-bond acceptors (Lipinski definition) is 20. The van der Waals surface area contributed by atoms with Crippen molar-refractivity contribution in [2.75, 3.05) is 150 Å². The van der Waals surface area contributed by atoms with Crippen molar-refractivity contribution in [2.45, 2.75) is 31.8 Å². The van der Waals surface area contributed by atoms with E-state index in [0.717, 1.165) is 0 Å². The fourth-order valence-electron chi connectivity index (χ4n) is 5.45. The van der Waals surface area contributed by atoms with Gasteiger partial charge >= 0.3 is 5.97 Å². The first-order valence-corrected chi connectivity index (χ1v) is 22.0. The second-order valence-electron chi connectivity index (χ2n) is 14.1. The Hall–Kier alpha value is -5.48. The summed E-state index contributed by atoms with van der Waals surface area (Å²) in [6.07, 6.45) is 1.25. The van der Waals surface area contributed by atoms with Gasteiger partial charge in [-0.1, -0.05) is 0 Å². The Balaban J connectivity index is 1.07. The van der Waals surface area contributed by atoms with Crippen molar-refractivity contribution in [2.24, 2.45) is 5.73 Å². The minimum atomic E-state index is -1.32. The van der Waals surface area contributed by atoms with Crippen LogP contribution in [0.15, 0.2) is 35.3 Å². The summed E-state index contributed by atoms with van der Waals surface area (Å²) < 4.78 is 48.7. The molecule has 0 unspecified atom stereocenters. The number of aromatic nitrogens is 4. The number of H-pyrrole nitrogens is 1. The van der Waals surface area contributed by atoms with Crippen molar-refractivity contribution in [1.29, 1.82) is 0 Å². The van der Waals surface area contributed by atoms with Gasteiger partial charge in [0.25, 0.3) is 11.5 Å². The standard InChI is InChI=1S/C42H66N10O15/c43-8-12-60-14-16-62-18-20-64-22-24-66-26-28-67-27-25-65-23-21-63-19-17-61-15-13-59-11-7-36(54)46-10-9-45-35(53)6-5-34(41(57)58)50-39(55)31-1-3-32(4-2-31)47-29-33-30-48-38-37(49-33)40(56)52-42(44)51-38/h1-4,30,34,47H,5-29,43H2,(H,45,53)(H,46,54)(H,50,55)(H,57,58)(H3,44,48,51,52,56)/t34-/m0/s1. The number of nitrogens with one attached hydrogen (secondary N) is 5. The van der Waals surface area contributed by atoms with E-state index in [1.807, 2.05) is 0 Å². The van der Waals surface area contributed by atoms with E-state index in [2.05, 4.69) is 41.2 Å². The summed E-state index contributed by atoms with van der Waals surface area (Å²) in [5.41, 5.74) is 11.8. The number of carbonyl (C=O) groups excluding carboxylic acids is 3. The Morgan fingerprint density at radius 1 is 0.642 bits per heavy atom. The fraction of sp³-hybridized carbons (Fsp3) is 0.619. The first-order valence-electron chi connectivity index (χ1n) is 22.0. The van der Waals surface area contributed by atoms with Gasteiger partial charge in [-0.2, -0.15) is 4.98 Å². The number of anilines is 2. The molecule has 0 radical (unpaired) electrons. The SMILES string of the molecule is NCCOCCOCCOCCOCCOCCOCCOCCOCCOCCC(=O)NCCNC(=O)CC[C@H](NC(=O)c1ccc(NCc2cnc3nc(N)[nH]c(=O)c3n2)cc1)C(=O)O. The highest BCUT2D eigenvalue weighted by Crippen LogP contribution is 2.12. The van der Waals surface area contributed by atoms with Gasteiger partial charge in [-0.3, -0.25) is 24.2 Å². The third-order valence-corrected chi connectivity index (χ3v) is 8.85. The first-order chi connectivity index (χ1) is 32.7. The molecule has 0 bridgehead atoms. The lowest BCUT2D eigenvalue weighted by atomic mass is 10.1. The quantitative estimate of drug-likeness (QED) is 0.0303. The van der Waals surface area contributed by atoms with Crippen molar-refractivity contribution in [3.8, 4) is 0 Å². The summed E-state index contributed by atoms with van der Waals surface area (Å²) in [5, 5.41) is 20.5. The third kappa shape index (κ3) is 26.4. The van der Waals surface area contributed by atoms with Crippen molar-refractivity contribution >= 4 is 46.5 Å². The Labute approximate surface area is 387 Å². The van der Waals surface area contributed by atoms with Gasteiger partial charge in [0.1, 0.15) is 6.04 Å². The van der Waals surface area contributed by atoms with Crippen LogP contribution >= 0.6 is 0 Å². The molecule has 25 heteroatoms. The molecule has 10 N–H and O–H groups in total. The van der Waals surface area contributed by atoms with Gasteiger partial charge in [0, 0.05) is 43.7 Å². The topological polar surface area (TPSA) is 343 Å². The largest absolute Gasteiger partial charge is 0.480 e. The Bertz CT molecular complexity index is 1910. The second kappa shape index (κ2) is 35.7. The predicted octanol–water partition coefficient (Wildman–Crippen LogP) is -1.40. The zero-order valence-corrected chi connectivity index (χ0v) is 37.8. The molecule has 1 atom stereocenters. The lowest BCUT2D eigenvalue weighted by molar-refractivity contribution is -0.139. The first kappa shape index (κ1) is 55.8. The molecular formula is C42H66N10O15. The van der Waals surface area contributed by atoms with E-state index in [1.165, 1.54) is 18.3 Å². The minimum absolute atomic E-state index is 0.0438.